The van der Waals surface area contributed by atoms with E-state index in [-0.39, 0.29) is 11.8 Å². The maximum atomic E-state index is 12.2. The van der Waals surface area contributed by atoms with E-state index in [2.05, 4.69) is 16.0 Å². The zero-order chi connectivity index (χ0) is 18.2. The lowest BCUT2D eigenvalue weighted by Crippen LogP contribution is -2.37. The summed E-state index contributed by atoms with van der Waals surface area (Å²) in [6.45, 7) is 2.21. The van der Waals surface area contributed by atoms with Gasteiger partial charge in [-0.15, -0.1) is 0 Å². The fourth-order valence-corrected chi connectivity index (χ4v) is 2.30. The van der Waals surface area contributed by atoms with Crippen LogP contribution in [-0.4, -0.2) is 32.0 Å². The maximum Gasteiger partial charge on any atom is 0.251 e. The summed E-state index contributed by atoms with van der Waals surface area (Å²) in [5.74, 6) is 0.488. The third kappa shape index (κ3) is 5.24. The van der Waals surface area contributed by atoms with Crippen LogP contribution in [-0.2, 0) is 11.3 Å². The molecule has 6 heteroatoms. The normalized spacial score (nSPS) is 11.3. The number of rotatable bonds is 7. The van der Waals surface area contributed by atoms with Crippen LogP contribution < -0.4 is 20.7 Å². The van der Waals surface area contributed by atoms with Crippen LogP contribution in [0.4, 0.5) is 5.69 Å². The molecule has 0 aliphatic heterocycles. The van der Waals surface area contributed by atoms with Gasteiger partial charge in [0.2, 0.25) is 5.91 Å². The predicted octanol–water partition coefficient (Wildman–Crippen LogP) is 2.17. The second kappa shape index (κ2) is 8.73. The Morgan fingerprint density at radius 3 is 2.48 bits per heavy atom. The third-order valence-corrected chi connectivity index (χ3v) is 3.75. The number of hydrogen-bond donors (Lipinski definition) is 3. The molecule has 0 spiro atoms. The summed E-state index contributed by atoms with van der Waals surface area (Å²) in [4.78, 5) is 23.9. The highest BCUT2D eigenvalue weighted by atomic mass is 16.5. The van der Waals surface area contributed by atoms with E-state index in [1.54, 1.807) is 39.3 Å². The van der Waals surface area contributed by atoms with Crippen LogP contribution in [0.15, 0.2) is 48.5 Å². The highest BCUT2D eigenvalue weighted by molar-refractivity contribution is 5.95. The van der Waals surface area contributed by atoms with Gasteiger partial charge in [0, 0.05) is 24.8 Å². The Labute approximate surface area is 147 Å². The van der Waals surface area contributed by atoms with Crippen molar-refractivity contribution in [2.24, 2.45) is 0 Å². The predicted molar refractivity (Wildman–Crippen MR) is 97.8 cm³/mol. The molecular formula is C19H23N3O3. The number of hydrogen-bond acceptors (Lipinski definition) is 4. The molecule has 25 heavy (non-hydrogen) atoms. The third-order valence-electron chi connectivity index (χ3n) is 3.75. The van der Waals surface area contributed by atoms with Crippen molar-refractivity contribution in [1.82, 2.24) is 10.6 Å². The van der Waals surface area contributed by atoms with Gasteiger partial charge in [0.1, 0.15) is 11.8 Å². The largest absolute Gasteiger partial charge is 0.497 e. The first kappa shape index (κ1) is 18.3. The molecule has 6 nitrogen and oxygen atoms in total. The minimum absolute atomic E-state index is 0.124. The Kier molecular flexibility index (Phi) is 6.39. The van der Waals surface area contributed by atoms with Crippen molar-refractivity contribution >= 4 is 17.5 Å². The number of ether oxygens (including phenoxy) is 1. The first-order chi connectivity index (χ1) is 12.0. The quantitative estimate of drug-likeness (QED) is 0.721. The lowest BCUT2D eigenvalue weighted by atomic mass is 10.1. The standard InChI is InChI=1S/C19H23N3O3/c1-13(22-16-6-4-5-15(11-16)19(24)20-2)18(23)21-12-14-7-9-17(25-3)10-8-14/h4-11,13,22H,12H2,1-3H3,(H,20,24)(H,21,23)/t13-/m0/s1. The molecule has 0 bridgehead atoms. The molecule has 2 rings (SSSR count). The molecule has 0 aromatic heterocycles. The fraction of sp³-hybridized carbons (Fsp3) is 0.263. The second-order valence-electron chi connectivity index (χ2n) is 5.59. The second-order valence-corrected chi connectivity index (χ2v) is 5.59. The molecule has 0 fully saturated rings. The summed E-state index contributed by atoms with van der Waals surface area (Å²) in [6, 6.07) is 14.1. The van der Waals surface area contributed by atoms with E-state index in [0.717, 1.165) is 11.3 Å². The molecule has 0 aliphatic rings. The molecule has 0 aliphatic carbocycles. The molecule has 2 aromatic rings. The van der Waals surface area contributed by atoms with Crippen molar-refractivity contribution in [3.63, 3.8) is 0 Å². The van der Waals surface area contributed by atoms with Gasteiger partial charge in [-0.3, -0.25) is 9.59 Å². The number of benzene rings is 2. The van der Waals surface area contributed by atoms with Crippen molar-refractivity contribution in [2.45, 2.75) is 19.5 Å². The van der Waals surface area contributed by atoms with Crippen LogP contribution in [0.3, 0.4) is 0 Å². The van der Waals surface area contributed by atoms with Crippen molar-refractivity contribution < 1.29 is 14.3 Å². The summed E-state index contributed by atoms with van der Waals surface area (Å²) in [7, 11) is 3.20. The Balaban J connectivity index is 1.90. The maximum absolute atomic E-state index is 12.2. The molecule has 2 aromatic carbocycles. The fourth-order valence-electron chi connectivity index (χ4n) is 2.30. The van der Waals surface area contributed by atoms with E-state index >= 15 is 0 Å². The Bertz CT molecular complexity index is 729. The monoisotopic (exact) mass is 341 g/mol. The molecule has 3 N–H and O–H groups in total. The molecule has 0 saturated heterocycles. The van der Waals surface area contributed by atoms with Gasteiger partial charge in [-0.25, -0.2) is 0 Å². The van der Waals surface area contributed by atoms with Crippen LogP contribution in [0.25, 0.3) is 0 Å². The van der Waals surface area contributed by atoms with Crippen LogP contribution >= 0.6 is 0 Å². The van der Waals surface area contributed by atoms with E-state index in [4.69, 9.17) is 4.74 Å². The van der Waals surface area contributed by atoms with E-state index in [1.807, 2.05) is 30.3 Å². The highest BCUT2D eigenvalue weighted by Gasteiger charge is 2.13. The van der Waals surface area contributed by atoms with Crippen molar-refractivity contribution in [1.29, 1.82) is 0 Å². The van der Waals surface area contributed by atoms with Crippen molar-refractivity contribution in [3.05, 3.63) is 59.7 Å². The summed E-state index contributed by atoms with van der Waals surface area (Å²) in [5.41, 5.74) is 2.24. The van der Waals surface area contributed by atoms with Gasteiger partial charge >= 0.3 is 0 Å². The van der Waals surface area contributed by atoms with Gasteiger partial charge in [-0.1, -0.05) is 18.2 Å². The Hall–Kier alpha value is -3.02. The zero-order valence-corrected chi connectivity index (χ0v) is 14.6. The van der Waals surface area contributed by atoms with E-state index in [1.165, 1.54) is 0 Å². The van der Waals surface area contributed by atoms with Crippen LogP contribution in [0.5, 0.6) is 5.75 Å². The van der Waals surface area contributed by atoms with Gasteiger partial charge < -0.3 is 20.7 Å². The average Bonchev–Trinajstić information content (AvgIpc) is 2.65. The molecule has 0 saturated carbocycles. The topological polar surface area (TPSA) is 79.5 Å². The molecular weight excluding hydrogens is 318 g/mol. The molecule has 1 atom stereocenters. The van der Waals surface area contributed by atoms with Crippen LogP contribution in [0, 0.1) is 0 Å². The number of anilines is 1. The zero-order valence-electron chi connectivity index (χ0n) is 14.6. The average molecular weight is 341 g/mol. The minimum Gasteiger partial charge on any atom is -0.497 e. The molecule has 0 radical (unpaired) electrons. The summed E-state index contributed by atoms with van der Waals surface area (Å²) >= 11 is 0. The lowest BCUT2D eigenvalue weighted by molar-refractivity contribution is -0.121. The number of methoxy groups -OCH3 is 1. The minimum atomic E-state index is -0.432. The van der Waals surface area contributed by atoms with Gasteiger partial charge in [0.05, 0.1) is 7.11 Å². The SMILES string of the molecule is CNC(=O)c1cccc(N[C@@H](C)C(=O)NCc2ccc(OC)cc2)c1. The molecule has 2 amide bonds. The number of carbonyl (C=O) groups excluding carboxylic acids is 2. The van der Waals surface area contributed by atoms with Crippen molar-refractivity contribution in [2.75, 3.05) is 19.5 Å². The van der Waals surface area contributed by atoms with Gasteiger partial charge in [0.15, 0.2) is 0 Å². The number of nitrogens with one attached hydrogen (secondary N) is 3. The summed E-state index contributed by atoms with van der Waals surface area (Å²) in [6.07, 6.45) is 0. The lowest BCUT2D eigenvalue weighted by Gasteiger charge is -2.16. The first-order valence-corrected chi connectivity index (χ1v) is 8.03. The van der Waals surface area contributed by atoms with E-state index in [9.17, 15) is 9.59 Å². The van der Waals surface area contributed by atoms with Crippen molar-refractivity contribution in [3.8, 4) is 5.75 Å². The first-order valence-electron chi connectivity index (χ1n) is 8.03. The Morgan fingerprint density at radius 1 is 1.12 bits per heavy atom. The number of amides is 2. The van der Waals surface area contributed by atoms with E-state index in [0.29, 0.717) is 17.8 Å². The smallest absolute Gasteiger partial charge is 0.251 e. The Morgan fingerprint density at radius 2 is 1.84 bits per heavy atom. The van der Waals surface area contributed by atoms with Crippen LogP contribution in [0.1, 0.15) is 22.8 Å². The molecule has 132 valence electrons. The van der Waals surface area contributed by atoms with Gasteiger partial charge in [-0.2, -0.15) is 0 Å². The van der Waals surface area contributed by atoms with E-state index < -0.39 is 6.04 Å². The summed E-state index contributed by atoms with van der Waals surface area (Å²) < 4.78 is 5.11. The van der Waals surface area contributed by atoms with Gasteiger partial charge in [-0.05, 0) is 42.8 Å². The van der Waals surface area contributed by atoms with Gasteiger partial charge in [0.25, 0.3) is 5.91 Å². The number of carbonyl (C=O) groups is 2. The highest BCUT2D eigenvalue weighted by Crippen LogP contribution is 2.13. The van der Waals surface area contributed by atoms with Crippen LogP contribution in [0.2, 0.25) is 0 Å². The molecule has 0 unspecified atom stereocenters. The summed E-state index contributed by atoms with van der Waals surface area (Å²) in [5, 5.41) is 8.56. The molecule has 0 heterocycles.